The van der Waals surface area contributed by atoms with Crippen molar-refractivity contribution >= 4 is 40.4 Å². The summed E-state index contributed by atoms with van der Waals surface area (Å²) in [6, 6.07) is 3.07. The van der Waals surface area contributed by atoms with Crippen molar-refractivity contribution in [3.63, 3.8) is 0 Å². The van der Waals surface area contributed by atoms with E-state index in [9.17, 15) is 20.0 Å². The van der Waals surface area contributed by atoms with Crippen LogP contribution in [-0.2, 0) is 9.59 Å². The van der Waals surface area contributed by atoms with Gasteiger partial charge >= 0.3 is 0 Å². The van der Waals surface area contributed by atoms with E-state index >= 15 is 0 Å². The largest absolute Gasteiger partial charge is 0.389 e. The van der Waals surface area contributed by atoms with Crippen LogP contribution in [0.1, 0.15) is 83.8 Å². The maximum Gasteiger partial charge on any atom is 0.265 e. The minimum atomic E-state index is -1.10. The van der Waals surface area contributed by atoms with Gasteiger partial charge in [0.2, 0.25) is 0 Å². The Morgan fingerprint density at radius 1 is 1.30 bits per heavy atom. The van der Waals surface area contributed by atoms with E-state index in [1.165, 1.54) is 13.3 Å². The lowest BCUT2D eigenvalue weighted by Crippen LogP contribution is -2.45. The number of likely N-dealkylation sites (tertiary alicyclic amines) is 1. The maximum atomic E-state index is 13.6. The molecule has 3 rings (SSSR count). The molecule has 1 aromatic rings. The molecule has 37 heavy (non-hydrogen) atoms. The van der Waals surface area contributed by atoms with Crippen molar-refractivity contribution in [1.82, 2.24) is 15.2 Å². The molecular weight excluding hydrogens is 488 g/mol. The summed E-state index contributed by atoms with van der Waals surface area (Å²) in [7, 11) is 0. The standard InChI is InChI=1S/C27H38N6O3S/c1-17-9-8-12-33(17)26(35)22(31-18(2)25(34)30-16-27(3,4)36)23(37)20-13-19(14-28)24(29-15-20)32-21-10-6-5-7-11-21/h13,15,17,21-22,36H,5-12,16H2,1-4H3,(H,29,32)(H,30,34)/b31-18+/t17-,22?/m0/s1. The van der Waals surface area contributed by atoms with Gasteiger partial charge in [0, 0.05) is 36.9 Å². The monoisotopic (exact) mass is 526 g/mol. The van der Waals surface area contributed by atoms with E-state index in [-0.39, 0.29) is 35.1 Å². The van der Waals surface area contributed by atoms with Gasteiger partial charge in [-0.2, -0.15) is 5.26 Å². The summed E-state index contributed by atoms with van der Waals surface area (Å²) in [4.78, 5) is 37.2. The van der Waals surface area contributed by atoms with E-state index in [0.29, 0.717) is 23.5 Å². The molecule has 0 bridgehead atoms. The van der Waals surface area contributed by atoms with Crippen LogP contribution in [0.4, 0.5) is 5.82 Å². The highest BCUT2D eigenvalue weighted by atomic mass is 32.1. The van der Waals surface area contributed by atoms with Gasteiger partial charge in [0.1, 0.15) is 11.9 Å². The van der Waals surface area contributed by atoms with Crippen LogP contribution in [0.15, 0.2) is 17.3 Å². The van der Waals surface area contributed by atoms with E-state index in [2.05, 4.69) is 26.7 Å². The van der Waals surface area contributed by atoms with Gasteiger partial charge in [-0.3, -0.25) is 14.6 Å². The van der Waals surface area contributed by atoms with Crippen LogP contribution in [0.25, 0.3) is 0 Å². The Labute approximate surface area is 224 Å². The highest BCUT2D eigenvalue weighted by molar-refractivity contribution is 7.81. The Kier molecular flexibility index (Phi) is 9.74. The Morgan fingerprint density at radius 2 is 2.00 bits per heavy atom. The highest BCUT2D eigenvalue weighted by Crippen LogP contribution is 2.25. The number of aromatic nitrogens is 1. The first-order chi connectivity index (χ1) is 17.5. The number of aliphatic hydroxyl groups is 1. The van der Waals surface area contributed by atoms with Gasteiger partial charge in [0.05, 0.1) is 21.7 Å². The van der Waals surface area contributed by atoms with E-state index in [0.717, 1.165) is 38.5 Å². The fraction of sp³-hybridized carbons (Fsp3) is 0.630. The molecule has 0 radical (unpaired) electrons. The van der Waals surface area contributed by atoms with Crippen molar-refractivity contribution in [2.75, 3.05) is 18.4 Å². The van der Waals surface area contributed by atoms with Crippen molar-refractivity contribution in [3.8, 4) is 6.07 Å². The number of thiocarbonyl (C=S) groups is 1. The van der Waals surface area contributed by atoms with Crippen LogP contribution in [0, 0.1) is 11.3 Å². The van der Waals surface area contributed by atoms with Gasteiger partial charge in [-0.15, -0.1) is 0 Å². The molecule has 2 atom stereocenters. The zero-order valence-corrected chi connectivity index (χ0v) is 23.0. The molecule has 1 saturated carbocycles. The van der Waals surface area contributed by atoms with Crippen molar-refractivity contribution in [2.45, 2.75) is 96.4 Å². The number of rotatable bonds is 9. The number of nitriles is 1. The van der Waals surface area contributed by atoms with E-state index < -0.39 is 17.6 Å². The second kappa shape index (κ2) is 12.6. The quantitative estimate of drug-likeness (QED) is 0.256. The van der Waals surface area contributed by atoms with Crippen LogP contribution < -0.4 is 10.6 Å². The van der Waals surface area contributed by atoms with Gasteiger partial charge in [-0.05, 0) is 59.4 Å². The number of aliphatic imine (C=N–C) groups is 1. The molecule has 10 heteroatoms. The summed E-state index contributed by atoms with van der Waals surface area (Å²) in [5, 5.41) is 25.8. The predicted molar refractivity (Wildman–Crippen MR) is 148 cm³/mol. The van der Waals surface area contributed by atoms with Gasteiger partial charge in [-0.1, -0.05) is 31.5 Å². The molecule has 1 saturated heterocycles. The van der Waals surface area contributed by atoms with Crippen LogP contribution in [0.3, 0.4) is 0 Å². The lowest BCUT2D eigenvalue weighted by molar-refractivity contribution is -0.131. The fourth-order valence-electron chi connectivity index (χ4n) is 4.72. The number of hydrogen-bond donors (Lipinski definition) is 3. The smallest absolute Gasteiger partial charge is 0.265 e. The van der Waals surface area contributed by atoms with Gasteiger partial charge in [0.25, 0.3) is 11.8 Å². The summed E-state index contributed by atoms with van der Waals surface area (Å²) in [5.74, 6) is -0.240. The first-order valence-electron chi connectivity index (χ1n) is 13.1. The highest BCUT2D eigenvalue weighted by Gasteiger charge is 2.34. The number of pyridine rings is 1. The second-order valence-electron chi connectivity index (χ2n) is 10.7. The Bertz CT molecular complexity index is 1080. The molecule has 0 aromatic carbocycles. The first-order valence-corrected chi connectivity index (χ1v) is 13.5. The fourth-order valence-corrected chi connectivity index (χ4v) is 4.98. The maximum absolute atomic E-state index is 13.6. The van der Waals surface area contributed by atoms with Crippen LogP contribution in [-0.4, -0.2) is 74.2 Å². The number of nitrogens with one attached hydrogen (secondary N) is 2. The number of nitrogens with zero attached hydrogens (tertiary/aromatic N) is 4. The second-order valence-corrected chi connectivity index (χ2v) is 11.2. The molecule has 1 unspecified atom stereocenters. The summed E-state index contributed by atoms with van der Waals surface area (Å²) < 4.78 is 0. The molecule has 3 N–H and O–H groups in total. The van der Waals surface area contributed by atoms with E-state index in [4.69, 9.17) is 12.2 Å². The molecule has 9 nitrogen and oxygen atoms in total. The third kappa shape index (κ3) is 7.79. The third-order valence-electron chi connectivity index (χ3n) is 6.89. The van der Waals surface area contributed by atoms with Crippen molar-refractivity contribution in [1.29, 1.82) is 5.26 Å². The lowest BCUT2D eigenvalue weighted by atomic mass is 9.95. The van der Waals surface area contributed by atoms with Crippen LogP contribution in [0.2, 0.25) is 0 Å². The van der Waals surface area contributed by atoms with Crippen molar-refractivity contribution in [2.24, 2.45) is 4.99 Å². The molecule has 2 amide bonds. The molecule has 2 aliphatic rings. The van der Waals surface area contributed by atoms with Gasteiger partial charge in [0.15, 0.2) is 6.04 Å². The zero-order valence-electron chi connectivity index (χ0n) is 22.2. The van der Waals surface area contributed by atoms with E-state index in [1.54, 1.807) is 31.0 Å². The van der Waals surface area contributed by atoms with Gasteiger partial charge in [-0.25, -0.2) is 4.98 Å². The van der Waals surface area contributed by atoms with E-state index in [1.807, 2.05) is 6.92 Å². The topological polar surface area (TPSA) is 131 Å². The Balaban J connectivity index is 1.88. The SMILES string of the molecule is C/C(=N\C(C(=O)N1CCC[C@@H]1C)C(=S)c1cnc(NC2CCCCC2)c(C#N)c1)C(=O)NCC(C)(C)O. The molecule has 1 aliphatic heterocycles. The van der Waals surface area contributed by atoms with Crippen LogP contribution in [0.5, 0.6) is 0 Å². The summed E-state index contributed by atoms with van der Waals surface area (Å²) >= 11 is 5.74. The zero-order chi connectivity index (χ0) is 27.2. The third-order valence-corrected chi connectivity index (χ3v) is 7.35. The summed E-state index contributed by atoms with van der Waals surface area (Å²) in [6.07, 6.45) is 8.97. The van der Waals surface area contributed by atoms with Crippen molar-refractivity contribution in [3.05, 3.63) is 23.4 Å². The van der Waals surface area contributed by atoms with Crippen LogP contribution >= 0.6 is 12.2 Å². The minimum Gasteiger partial charge on any atom is -0.389 e. The minimum absolute atomic E-state index is 0.0375. The Morgan fingerprint density at radius 3 is 2.59 bits per heavy atom. The number of anilines is 1. The average molecular weight is 527 g/mol. The van der Waals surface area contributed by atoms with Crippen molar-refractivity contribution < 1.29 is 14.7 Å². The molecule has 1 aliphatic carbocycles. The number of hydrogen-bond acceptors (Lipinski definition) is 8. The molecule has 2 fully saturated rings. The summed E-state index contributed by atoms with van der Waals surface area (Å²) in [6.45, 7) is 7.32. The Hall–Kier alpha value is -2.90. The molecule has 0 spiro atoms. The molecule has 2 heterocycles. The number of carbonyl (C=O) groups excluding carboxylic acids is 2. The summed E-state index contributed by atoms with van der Waals surface area (Å²) in [5.41, 5.74) is -0.187. The number of amides is 2. The molecular formula is C27H38N6O3S. The van der Waals surface area contributed by atoms with Gasteiger partial charge < -0.3 is 20.6 Å². The molecule has 200 valence electrons. The average Bonchev–Trinajstić information content (AvgIpc) is 3.31. The molecule has 1 aromatic heterocycles. The number of carbonyl (C=O) groups is 2. The predicted octanol–water partition coefficient (Wildman–Crippen LogP) is 3.14. The first kappa shape index (κ1) is 28.7. The normalized spacial score (nSPS) is 19.7. The lowest BCUT2D eigenvalue weighted by Gasteiger charge is -2.26.